The van der Waals surface area contributed by atoms with Crippen LogP contribution in [0.3, 0.4) is 0 Å². The molecular formula is C11H12BrClN2O. The van der Waals surface area contributed by atoms with E-state index in [2.05, 4.69) is 26.6 Å². The van der Waals surface area contributed by atoms with Crippen molar-refractivity contribution < 1.29 is 4.79 Å². The second-order valence-corrected chi connectivity index (χ2v) is 5.07. The first-order valence-corrected chi connectivity index (χ1v) is 5.84. The molecule has 2 heterocycles. The highest BCUT2D eigenvalue weighted by Crippen LogP contribution is 2.42. The zero-order valence-corrected chi connectivity index (χ0v) is 11.0. The molecule has 1 atom stereocenters. The van der Waals surface area contributed by atoms with Crippen molar-refractivity contribution in [1.82, 2.24) is 5.32 Å². The highest BCUT2D eigenvalue weighted by Gasteiger charge is 2.48. The van der Waals surface area contributed by atoms with Crippen LogP contribution in [-0.2, 0) is 10.2 Å². The van der Waals surface area contributed by atoms with Crippen LogP contribution in [0.1, 0.15) is 12.0 Å². The molecule has 3 rings (SSSR count). The summed E-state index contributed by atoms with van der Waals surface area (Å²) < 4.78 is 1.00. The van der Waals surface area contributed by atoms with Gasteiger partial charge < -0.3 is 10.6 Å². The van der Waals surface area contributed by atoms with Gasteiger partial charge in [0.1, 0.15) is 0 Å². The number of rotatable bonds is 0. The Morgan fingerprint density at radius 3 is 2.88 bits per heavy atom. The lowest BCUT2D eigenvalue weighted by Crippen LogP contribution is -2.36. The normalized spacial score (nSPS) is 26.4. The van der Waals surface area contributed by atoms with Crippen LogP contribution < -0.4 is 10.6 Å². The van der Waals surface area contributed by atoms with Crippen molar-refractivity contribution in [2.75, 3.05) is 18.4 Å². The fraction of sp³-hybridized carbons (Fsp3) is 0.364. The Labute approximate surface area is 109 Å². The summed E-state index contributed by atoms with van der Waals surface area (Å²) in [5, 5.41) is 6.23. The monoisotopic (exact) mass is 302 g/mol. The average molecular weight is 304 g/mol. The van der Waals surface area contributed by atoms with Gasteiger partial charge in [0.25, 0.3) is 0 Å². The van der Waals surface area contributed by atoms with Gasteiger partial charge in [0.15, 0.2) is 0 Å². The van der Waals surface area contributed by atoms with Crippen molar-refractivity contribution in [3.05, 3.63) is 28.2 Å². The Kier molecular flexibility index (Phi) is 2.99. The number of fused-ring (bicyclic) bond motifs is 2. The highest BCUT2D eigenvalue weighted by atomic mass is 79.9. The molecule has 0 radical (unpaired) electrons. The van der Waals surface area contributed by atoms with E-state index >= 15 is 0 Å². The first-order chi connectivity index (χ1) is 7.22. The summed E-state index contributed by atoms with van der Waals surface area (Å²) >= 11 is 3.41. The zero-order valence-electron chi connectivity index (χ0n) is 8.55. The fourth-order valence-corrected chi connectivity index (χ4v) is 2.88. The maximum atomic E-state index is 12.0. The van der Waals surface area contributed by atoms with Crippen LogP contribution in [0.4, 0.5) is 5.69 Å². The summed E-state index contributed by atoms with van der Waals surface area (Å²) in [4.78, 5) is 12.0. The molecule has 3 nitrogen and oxygen atoms in total. The topological polar surface area (TPSA) is 41.1 Å². The van der Waals surface area contributed by atoms with Crippen LogP contribution >= 0.6 is 28.3 Å². The third-order valence-corrected chi connectivity index (χ3v) is 3.83. The van der Waals surface area contributed by atoms with Crippen molar-refractivity contribution in [3.8, 4) is 0 Å². The predicted molar refractivity (Wildman–Crippen MR) is 69.2 cm³/mol. The lowest BCUT2D eigenvalue weighted by atomic mass is 9.81. The van der Waals surface area contributed by atoms with E-state index < -0.39 is 0 Å². The Balaban J connectivity index is 0.000000963. The van der Waals surface area contributed by atoms with Crippen molar-refractivity contribution >= 4 is 39.9 Å². The maximum absolute atomic E-state index is 12.0. The molecule has 0 aliphatic carbocycles. The van der Waals surface area contributed by atoms with Gasteiger partial charge in [-0.05, 0) is 30.7 Å². The molecule has 2 aliphatic heterocycles. The molecule has 5 heteroatoms. The van der Waals surface area contributed by atoms with E-state index in [1.54, 1.807) is 0 Å². The highest BCUT2D eigenvalue weighted by molar-refractivity contribution is 9.10. The molecule has 16 heavy (non-hydrogen) atoms. The summed E-state index contributed by atoms with van der Waals surface area (Å²) in [6, 6.07) is 6.02. The molecule has 2 aliphatic rings. The number of nitrogens with one attached hydrogen (secondary N) is 2. The van der Waals surface area contributed by atoms with Crippen LogP contribution in [0.2, 0.25) is 0 Å². The summed E-state index contributed by atoms with van der Waals surface area (Å²) in [7, 11) is 0. The summed E-state index contributed by atoms with van der Waals surface area (Å²) in [5.41, 5.74) is 1.79. The second kappa shape index (κ2) is 4.02. The molecular weight excluding hydrogens is 291 g/mol. The summed E-state index contributed by atoms with van der Waals surface area (Å²) in [6.45, 7) is 1.68. The van der Waals surface area contributed by atoms with Crippen LogP contribution in [-0.4, -0.2) is 19.0 Å². The minimum absolute atomic E-state index is 0. The van der Waals surface area contributed by atoms with E-state index in [0.29, 0.717) is 0 Å². The third kappa shape index (κ3) is 1.48. The second-order valence-electron chi connectivity index (χ2n) is 4.15. The van der Waals surface area contributed by atoms with Gasteiger partial charge in [0.2, 0.25) is 5.91 Å². The van der Waals surface area contributed by atoms with Crippen LogP contribution in [0.15, 0.2) is 22.7 Å². The van der Waals surface area contributed by atoms with Crippen LogP contribution in [0, 0.1) is 0 Å². The van der Waals surface area contributed by atoms with Gasteiger partial charge in [-0.25, -0.2) is 0 Å². The molecule has 0 saturated carbocycles. The van der Waals surface area contributed by atoms with Gasteiger partial charge in [-0.2, -0.15) is 0 Å². The number of carbonyl (C=O) groups is 1. The molecule has 1 unspecified atom stereocenters. The Morgan fingerprint density at radius 1 is 1.38 bits per heavy atom. The van der Waals surface area contributed by atoms with E-state index in [9.17, 15) is 4.79 Å². The summed E-state index contributed by atoms with van der Waals surface area (Å²) in [5.74, 6) is 0.139. The average Bonchev–Trinajstić information content (AvgIpc) is 2.76. The van der Waals surface area contributed by atoms with Crippen LogP contribution in [0.5, 0.6) is 0 Å². The molecule has 0 aromatic heterocycles. The van der Waals surface area contributed by atoms with Crippen molar-refractivity contribution in [2.45, 2.75) is 11.8 Å². The molecule has 86 valence electrons. The first kappa shape index (κ1) is 11.9. The van der Waals surface area contributed by atoms with E-state index in [-0.39, 0.29) is 23.7 Å². The number of halogens is 2. The Hall–Kier alpha value is -0.580. The van der Waals surface area contributed by atoms with Crippen molar-refractivity contribution in [2.24, 2.45) is 0 Å². The Morgan fingerprint density at radius 2 is 2.19 bits per heavy atom. The minimum Gasteiger partial charge on any atom is -0.325 e. The number of benzene rings is 1. The lowest BCUT2D eigenvalue weighted by Gasteiger charge is -2.19. The minimum atomic E-state index is -0.309. The molecule has 1 fully saturated rings. The largest absolute Gasteiger partial charge is 0.325 e. The van der Waals surface area contributed by atoms with Gasteiger partial charge >= 0.3 is 0 Å². The van der Waals surface area contributed by atoms with Gasteiger partial charge in [-0.15, -0.1) is 12.4 Å². The molecule has 1 aromatic rings. The number of hydrogen-bond donors (Lipinski definition) is 2. The van der Waals surface area contributed by atoms with Gasteiger partial charge in [0.05, 0.1) is 5.41 Å². The molecule has 0 bridgehead atoms. The number of carbonyl (C=O) groups excluding carboxylic acids is 1. The van der Waals surface area contributed by atoms with E-state index in [1.807, 2.05) is 18.2 Å². The maximum Gasteiger partial charge on any atom is 0.236 e. The van der Waals surface area contributed by atoms with Gasteiger partial charge in [-0.1, -0.05) is 22.0 Å². The fourth-order valence-electron chi connectivity index (χ4n) is 2.52. The molecule has 1 saturated heterocycles. The van der Waals surface area contributed by atoms with E-state index in [4.69, 9.17) is 0 Å². The number of hydrogen-bond acceptors (Lipinski definition) is 2. The zero-order chi connectivity index (χ0) is 10.5. The smallest absolute Gasteiger partial charge is 0.236 e. The molecule has 1 spiro atoms. The van der Waals surface area contributed by atoms with E-state index in [0.717, 1.165) is 35.2 Å². The molecule has 1 amide bonds. The van der Waals surface area contributed by atoms with Gasteiger partial charge in [-0.3, -0.25) is 4.79 Å². The van der Waals surface area contributed by atoms with Crippen LogP contribution in [0.25, 0.3) is 0 Å². The third-order valence-electron chi connectivity index (χ3n) is 3.34. The van der Waals surface area contributed by atoms with Gasteiger partial charge in [0, 0.05) is 16.7 Å². The SMILES string of the molecule is Cl.O=C1Nc2cc(Br)ccc2C12CCNC2. The predicted octanol–water partition coefficient (Wildman–Crippen LogP) is 2.05. The van der Waals surface area contributed by atoms with E-state index in [1.165, 1.54) is 0 Å². The van der Waals surface area contributed by atoms with Crippen molar-refractivity contribution in [3.63, 3.8) is 0 Å². The first-order valence-electron chi connectivity index (χ1n) is 5.05. The number of amides is 1. The van der Waals surface area contributed by atoms with Crippen molar-refractivity contribution in [1.29, 1.82) is 0 Å². The quantitative estimate of drug-likeness (QED) is 0.770. The molecule has 2 N–H and O–H groups in total. The number of anilines is 1. The Bertz CT molecular complexity index is 444. The lowest BCUT2D eigenvalue weighted by molar-refractivity contribution is -0.120. The summed E-state index contributed by atoms with van der Waals surface area (Å²) in [6.07, 6.45) is 0.896. The standard InChI is InChI=1S/C11H11BrN2O.ClH/c12-7-1-2-8-9(5-7)14-10(15)11(8)3-4-13-6-11;/h1-2,5,13H,3-4,6H2,(H,14,15);1H. The molecule has 1 aromatic carbocycles.